The van der Waals surface area contributed by atoms with Crippen LogP contribution in [0.2, 0.25) is 0 Å². The fraction of sp³-hybridized carbons (Fsp3) is 0.214. The van der Waals surface area contributed by atoms with E-state index in [-0.39, 0.29) is 4.90 Å². The number of hydrogen-bond acceptors (Lipinski definition) is 3. The van der Waals surface area contributed by atoms with Crippen molar-refractivity contribution in [2.24, 2.45) is 5.14 Å². The Kier molecular flexibility index (Phi) is 4.84. The number of hydrogen-bond donors (Lipinski definition) is 2. The van der Waals surface area contributed by atoms with E-state index in [1.807, 2.05) is 18.2 Å². The van der Waals surface area contributed by atoms with Gasteiger partial charge in [-0.15, -0.1) is 0 Å². The van der Waals surface area contributed by atoms with Crippen molar-refractivity contribution in [1.82, 2.24) is 4.98 Å². The minimum Gasteiger partial charge on any atom is -0.341 e. The van der Waals surface area contributed by atoms with Crippen LogP contribution in [0.15, 0.2) is 53.6 Å². The molecule has 20 heavy (non-hydrogen) atoms. The molecule has 0 aliphatic heterocycles. The van der Waals surface area contributed by atoms with Crippen molar-refractivity contribution in [3.05, 3.63) is 59.9 Å². The number of sulfonamides is 1. The molecule has 0 saturated carbocycles. The standard InChI is InChI=1S/C14H17N3O2S/c15-20(18,19)14-6-4-12(5-7-14)8-10-16-11-13-3-1-2-9-17-13/h1-7,9,16H,8,10-11H2,(H2,15,18,19)/p+1. The van der Waals surface area contributed by atoms with Crippen LogP contribution in [-0.4, -0.2) is 19.9 Å². The van der Waals surface area contributed by atoms with Crippen molar-refractivity contribution in [2.45, 2.75) is 17.9 Å². The first-order chi connectivity index (χ1) is 9.55. The average molecular weight is 292 g/mol. The van der Waals surface area contributed by atoms with Crippen LogP contribution in [0.5, 0.6) is 0 Å². The predicted octanol–water partition coefficient (Wildman–Crippen LogP) is 0.0351. The maximum absolute atomic E-state index is 11.1. The Balaban J connectivity index is 1.80. The average Bonchev–Trinajstić information content (AvgIpc) is 2.44. The highest BCUT2D eigenvalue weighted by atomic mass is 32.2. The summed E-state index contributed by atoms with van der Waals surface area (Å²) in [5.41, 5.74) is 2.15. The lowest BCUT2D eigenvalue weighted by molar-refractivity contribution is -0.670. The van der Waals surface area contributed by atoms with Crippen molar-refractivity contribution < 1.29 is 13.7 Å². The molecule has 2 aromatic rings. The molecule has 0 aliphatic rings. The molecule has 5 nitrogen and oxygen atoms in total. The van der Waals surface area contributed by atoms with Crippen LogP contribution in [0.25, 0.3) is 0 Å². The van der Waals surface area contributed by atoms with Gasteiger partial charge < -0.3 is 5.32 Å². The topological polar surface area (TPSA) is 89.7 Å². The van der Waals surface area contributed by atoms with Gasteiger partial charge in [0.15, 0.2) is 0 Å². The summed E-state index contributed by atoms with van der Waals surface area (Å²) in [6.45, 7) is 1.77. The van der Waals surface area contributed by atoms with Gasteiger partial charge in [-0.1, -0.05) is 18.2 Å². The van der Waals surface area contributed by atoms with Crippen molar-refractivity contribution >= 4 is 10.0 Å². The van der Waals surface area contributed by atoms with Crippen LogP contribution in [0, 0.1) is 0 Å². The van der Waals surface area contributed by atoms with Gasteiger partial charge in [0.2, 0.25) is 10.0 Å². The molecule has 4 N–H and O–H groups in total. The van der Waals surface area contributed by atoms with Gasteiger partial charge in [0, 0.05) is 12.6 Å². The fourth-order valence-electron chi connectivity index (χ4n) is 1.88. The maximum atomic E-state index is 11.1. The molecule has 1 heterocycles. The summed E-state index contributed by atoms with van der Waals surface area (Å²) in [6, 6.07) is 12.6. The maximum Gasteiger partial charge on any atom is 0.238 e. The number of pyridine rings is 1. The summed E-state index contributed by atoms with van der Waals surface area (Å²) in [5.74, 6) is 0. The fourth-order valence-corrected chi connectivity index (χ4v) is 2.40. The molecule has 1 aromatic carbocycles. The van der Waals surface area contributed by atoms with E-state index in [0.29, 0.717) is 0 Å². The zero-order chi connectivity index (χ0) is 14.4. The first-order valence-electron chi connectivity index (χ1n) is 6.39. The van der Waals surface area contributed by atoms with Crippen molar-refractivity contribution in [3.8, 4) is 0 Å². The Bertz CT molecular complexity index is 640. The third-order valence-electron chi connectivity index (χ3n) is 2.97. The van der Waals surface area contributed by atoms with Crippen LogP contribution < -0.4 is 10.5 Å². The summed E-state index contributed by atoms with van der Waals surface area (Å²) >= 11 is 0. The summed E-state index contributed by atoms with van der Waals surface area (Å²) in [6.07, 6.45) is 2.66. The van der Waals surface area contributed by atoms with E-state index in [0.717, 1.165) is 30.8 Å². The van der Waals surface area contributed by atoms with Crippen LogP contribution in [0.4, 0.5) is 0 Å². The minimum atomic E-state index is -3.60. The third-order valence-corrected chi connectivity index (χ3v) is 3.90. The monoisotopic (exact) mass is 292 g/mol. The summed E-state index contributed by atoms with van der Waals surface area (Å²) in [7, 11) is -3.60. The molecule has 0 radical (unpaired) electrons. The molecule has 0 aliphatic carbocycles. The van der Waals surface area contributed by atoms with Crippen LogP contribution in [0.3, 0.4) is 0 Å². The summed E-state index contributed by atoms with van der Waals surface area (Å²) in [5, 5.41) is 7.23. The van der Waals surface area contributed by atoms with E-state index in [1.54, 1.807) is 30.5 Å². The lowest BCUT2D eigenvalue weighted by Crippen LogP contribution is -2.83. The molecule has 0 unspecified atom stereocenters. The highest BCUT2D eigenvalue weighted by Crippen LogP contribution is 2.08. The minimum absolute atomic E-state index is 0.152. The highest BCUT2D eigenvalue weighted by molar-refractivity contribution is 7.89. The largest absolute Gasteiger partial charge is 0.341 e. The van der Waals surface area contributed by atoms with Gasteiger partial charge in [-0.25, -0.2) is 13.6 Å². The second-order valence-electron chi connectivity index (χ2n) is 4.54. The van der Waals surface area contributed by atoms with Gasteiger partial charge in [0.05, 0.1) is 17.1 Å². The van der Waals surface area contributed by atoms with Gasteiger partial charge in [-0.05, 0) is 29.8 Å². The van der Waals surface area contributed by atoms with E-state index in [2.05, 4.69) is 10.3 Å². The van der Waals surface area contributed by atoms with E-state index >= 15 is 0 Å². The second kappa shape index (κ2) is 6.60. The normalized spacial score (nSPS) is 11.4. The molecule has 6 heteroatoms. The van der Waals surface area contributed by atoms with E-state index in [1.165, 1.54) is 0 Å². The second-order valence-corrected chi connectivity index (χ2v) is 6.10. The summed E-state index contributed by atoms with van der Waals surface area (Å²) < 4.78 is 22.3. The zero-order valence-electron chi connectivity index (χ0n) is 11.1. The Hall–Kier alpha value is -1.76. The first-order valence-corrected chi connectivity index (χ1v) is 7.93. The number of benzene rings is 1. The van der Waals surface area contributed by atoms with Gasteiger partial charge in [0.1, 0.15) is 6.54 Å². The van der Waals surface area contributed by atoms with E-state index in [4.69, 9.17) is 5.14 Å². The van der Waals surface area contributed by atoms with Crippen LogP contribution in [0.1, 0.15) is 11.3 Å². The molecule has 0 spiro atoms. The van der Waals surface area contributed by atoms with Crippen molar-refractivity contribution in [3.63, 3.8) is 0 Å². The molecule has 0 atom stereocenters. The number of quaternary nitrogens is 1. The predicted molar refractivity (Wildman–Crippen MR) is 76.3 cm³/mol. The zero-order valence-corrected chi connectivity index (χ0v) is 11.9. The molecule has 2 rings (SSSR count). The first kappa shape index (κ1) is 14.6. The van der Waals surface area contributed by atoms with Crippen molar-refractivity contribution in [1.29, 1.82) is 0 Å². The Morgan fingerprint density at radius 3 is 2.45 bits per heavy atom. The summed E-state index contributed by atoms with van der Waals surface area (Å²) in [4.78, 5) is 4.40. The third kappa shape index (κ3) is 4.41. The quantitative estimate of drug-likeness (QED) is 0.736. The highest BCUT2D eigenvalue weighted by Gasteiger charge is 2.06. The Labute approximate surface area is 118 Å². The van der Waals surface area contributed by atoms with E-state index < -0.39 is 10.0 Å². The van der Waals surface area contributed by atoms with Gasteiger partial charge in [0.25, 0.3) is 0 Å². The molecule has 0 bridgehead atoms. The lowest BCUT2D eigenvalue weighted by atomic mass is 10.1. The number of rotatable bonds is 6. The van der Waals surface area contributed by atoms with Crippen molar-refractivity contribution in [2.75, 3.05) is 6.54 Å². The molecule has 1 aromatic heterocycles. The molecule has 0 saturated heterocycles. The van der Waals surface area contributed by atoms with Crippen LogP contribution in [-0.2, 0) is 23.0 Å². The number of nitrogens with zero attached hydrogens (tertiary/aromatic N) is 1. The van der Waals surface area contributed by atoms with Gasteiger partial charge in [-0.2, -0.15) is 0 Å². The van der Waals surface area contributed by atoms with Gasteiger partial charge in [-0.3, -0.25) is 4.98 Å². The number of nitrogens with two attached hydrogens (primary N) is 2. The number of aromatic nitrogens is 1. The van der Waals surface area contributed by atoms with Crippen LogP contribution >= 0.6 is 0 Å². The molecule has 0 fully saturated rings. The number of primary sulfonamides is 1. The lowest BCUT2D eigenvalue weighted by Gasteiger charge is -2.03. The smallest absolute Gasteiger partial charge is 0.238 e. The Morgan fingerprint density at radius 1 is 1.10 bits per heavy atom. The SMILES string of the molecule is NS(=O)(=O)c1ccc(CC[NH2+]Cc2ccccn2)cc1. The van der Waals surface area contributed by atoms with Gasteiger partial charge >= 0.3 is 0 Å². The molecule has 0 amide bonds. The molecular weight excluding hydrogens is 274 g/mol. The molecular formula is C14H18N3O2S+. The molecule has 106 valence electrons. The Morgan fingerprint density at radius 2 is 1.85 bits per heavy atom. The van der Waals surface area contributed by atoms with E-state index in [9.17, 15) is 8.42 Å².